The highest BCUT2D eigenvalue weighted by atomic mass is 16.6. The molecule has 23 heavy (non-hydrogen) atoms. The van der Waals surface area contributed by atoms with Gasteiger partial charge in [0.25, 0.3) is 0 Å². The molecule has 0 heterocycles. The SMILES string of the molecule is COCc1cc(C(C)C)c(CC(=O)OC(C)(C)C)c(C(C)C)c1. The van der Waals surface area contributed by atoms with Crippen molar-refractivity contribution in [1.82, 2.24) is 0 Å². The van der Waals surface area contributed by atoms with E-state index in [1.54, 1.807) is 7.11 Å². The summed E-state index contributed by atoms with van der Waals surface area (Å²) in [5.41, 5.74) is 4.25. The van der Waals surface area contributed by atoms with Crippen LogP contribution in [0.4, 0.5) is 0 Å². The van der Waals surface area contributed by atoms with E-state index in [2.05, 4.69) is 39.8 Å². The van der Waals surface area contributed by atoms with E-state index in [0.717, 1.165) is 11.1 Å². The van der Waals surface area contributed by atoms with Crippen LogP contribution in [0.25, 0.3) is 0 Å². The maximum Gasteiger partial charge on any atom is 0.310 e. The highest BCUT2D eigenvalue weighted by Crippen LogP contribution is 2.31. The van der Waals surface area contributed by atoms with Gasteiger partial charge < -0.3 is 9.47 Å². The standard InChI is InChI=1S/C20H32O3/c1-13(2)16-9-15(12-22-8)10-17(14(3)4)18(16)11-19(21)23-20(5,6)7/h9-10,13-14H,11-12H2,1-8H3. The average molecular weight is 320 g/mol. The van der Waals surface area contributed by atoms with Gasteiger partial charge in [-0.1, -0.05) is 39.8 Å². The molecule has 1 aromatic rings. The van der Waals surface area contributed by atoms with Gasteiger partial charge in [0.15, 0.2) is 0 Å². The molecule has 0 aliphatic carbocycles. The minimum Gasteiger partial charge on any atom is -0.460 e. The zero-order valence-corrected chi connectivity index (χ0v) is 15.9. The molecule has 0 saturated carbocycles. The van der Waals surface area contributed by atoms with Gasteiger partial charge in [-0.3, -0.25) is 4.79 Å². The molecule has 3 heteroatoms. The minimum absolute atomic E-state index is 0.166. The number of benzene rings is 1. The lowest BCUT2D eigenvalue weighted by Gasteiger charge is -2.24. The summed E-state index contributed by atoms with van der Waals surface area (Å²) in [5.74, 6) is 0.532. The number of hydrogen-bond donors (Lipinski definition) is 0. The van der Waals surface area contributed by atoms with Crippen molar-refractivity contribution in [3.63, 3.8) is 0 Å². The van der Waals surface area contributed by atoms with Gasteiger partial charge in [-0.2, -0.15) is 0 Å². The van der Waals surface area contributed by atoms with Crippen LogP contribution in [0.15, 0.2) is 12.1 Å². The number of rotatable bonds is 6. The highest BCUT2D eigenvalue weighted by Gasteiger charge is 2.22. The van der Waals surface area contributed by atoms with Crippen LogP contribution in [0.3, 0.4) is 0 Å². The van der Waals surface area contributed by atoms with Gasteiger partial charge in [0, 0.05) is 7.11 Å². The van der Waals surface area contributed by atoms with Gasteiger partial charge >= 0.3 is 5.97 Å². The second-order valence-corrected chi connectivity index (χ2v) is 7.76. The molecule has 0 aliphatic rings. The molecule has 0 aromatic heterocycles. The number of methoxy groups -OCH3 is 1. The normalized spacial score (nSPS) is 12.1. The Hall–Kier alpha value is -1.35. The van der Waals surface area contributed by atoms with Crippen molar-refractivity contribution in [2.45, 2.75) is 78.9 Å². The zero-order chi connectivity index (χ0) is 17.8. The van der Waals surface area contributed by atoms with Crippen LogP contribution >= 0.6 is 0 Å². The Labute approximate surface area is 141 Å². The van der Waals surface area contributed by atoms with Crippen molar-refractivity contribution in [3.8, 4) is 0 Å². The molecule has 0 unspecified atom stereocenters. The van der Waals surface area contributed by atoms with E-state index in [-0.39, 0.29) is 5.97 Å². The fourth-order valence-corrected chi connectivity index (χ4v) is 2.79. The summed E-state index contributed by atoms with van der Waals surface area (Å²) in [5, 5.41) is 0. The first-order valence-corrected chi connectivity index (χ1v) is 8.41. The third-order valence-electron chi connectivity index (χ3n) is 3.67. The van der Waals surface area contributed by atoms with Gasteiger partial charge in [0.1, 0.15) is 5.60 Å². The first kappa shape index (κ1) is 19.7. The Morgan fingerprint density at radius 3 is 1.87 bits per heavy atom. The lowest BCUT2D eigenvalue weighted by molar-refractivity contribution is -0.153. The fraction of sp³-hybridized carbons (Fsp3) is 0.650. The molecule has 130 valence electrons. The molecule has 0 aliphatic heterocycles. The van der Waals surface area contributed by atoms with E-state index in [9.17, 15) is 4.79 Å². The first-order valence-electron chi connectivity index (χ1n) is 8.41. The summed E-state index contributed by atoms with van der Waals surface area (Å²) in [6.45, 7) is 14.9. The molecule has 0 saturated heterocycles. The van der Waals surface area contributed by atoms with Gasteiger partial charge in [-0.15, -0.1) is 0 Å². The molecule has 0 radical (unpaired) electrons. The number of carbonyl (C=O) groups is 1. The average Bonchev–Trinajstić information content (AvgIpc) is 2.37. The largest absolute Gasteiger partial charge is 0.460 e. The lowest BCUT2D eigenvalue weighted by Crippen LogP contribution is -2.25. The molecule has 1 rings (SSSR count). The Morgan fingerprint density at radius 1 is 1.04 bits per heavy atom. The maximum absolute atomic E-state index is 12.3. The van der Waals surface area contributed by atoms with Crippen LogP contribution in [0.5, 0.6) is 0 Å². The smallest absolute Gasteiger partial charge is 0.310 e. The third kappa shape index (κ3) is 5.98. The molecule has 0 amide bonds. The Morgan fingerprint density at radius 2 is 1.52 bits per heavy atom. The molecule has 0 spiro atoms. The number of carbonyl (C=O) groups excluding carboxylic acids is 1. The summed E-state index contributed by atoms with van der Waals surface area (Å²) in [7, 11) is 1.71. The Balaban J connectivity index is 3.29. The number of esters is 1. The minimum atomic E-state index is -0.455. The van der Waals surface area contributed by atoms with Gasteiger partial charge in [-0.25, -0.2) is 0 Å². The second kappa shape index (κ2) is 7.96. The maximum atomic E-state index is 12.3. The van der Waals surface area contributed by atoms with Gasteiger partial charge in [0.05, 0.1) is 13.0 Å². The molecule has 0 fully saturated rings. The molecule has 3 nitrogen and oxygen atoms in total. The Kier molecular flexibility index (Phi) is 6.82. The van der Waals surface area contributed by atoms with E-state index >= 15 is 0 Å². The summed E-state index contributed by atoms with van der Waals surface area (Å²) >= 11 is 0. The van der Waals surface area contributed by atoms with Crippen LogP contribution in [0.1, 0.15) is 82.6 Å². The van der Waals surface area contributed by atoms with E-state index in [4.69, 9.17) is 9.47 Å². The van der Waals surface area contributed by atoms with Crippen LogP contribution in [-0.2, 0) is 27.3 Å². The predicted molar refractivity (Wildman–Crippen MR) is 94.9 cm³/mol. The lowest BCUT2D eigenvalue weighted by atomic mass is 9.85. The molecule has 0 bridgehead atoms. The molecule has 0 atom stereocenters. The van der Waals surface area contributed by atoms with E-state index in [0.29, 0.717) is 24.9 Å². The number of hydrogen-bond acceptors (Lipinski definition) is 3. The first-order chi connectivity index (χ1) is 10.5. The van der Waals surface area contributed by atoms with Crippen molar-refractivity contribution < 1.29 is 14.3 Å². The third-order valence-corrected chi connectivity index (χ3v) is 3.67. The van der Waals surface area contributed by atoms with Crippen LogP contribution < -0.4 is 0 Å². The predicted octanol–water partition coefficient (Wildman–Crippen LogP) is 4.96. The van der Waals surface area contributed by atoms with Gasteiger partial charge in [-0.05, 0) is 54.9 Å². The summed E-state index contributed by atoms with van der Waals surface area (Å²) in [4.78, 5) is 12.3. The van der Waals surface area contributed by atoms with Crippen molar-refractivity contribution in [1.29, 1.82) is 0 Å². The quantitative estimate of drug-likeness (QED) is 0.695. The van der Waals surface area contributed by atoms with Crippen LogP contribution in [-0.4, -0.2) is 18.7 Å². The highest BCUT2D eigenvalue weighted by molar-refractivity contribution is 5.74. The van der Waals surface area contributed by atoms with E-state index in [1.807, 2.05) is 20.8 Å². The molecule has 0 N–H and O–H groups in total. The Bertz CT molecular complexity index is 507. The second-order valence-electron chi connectivity index (χ2n) is 7.76. The van der Waals surface area contributed by atoms with Crippen molar-refractivity contribution in [2.24, 2.45) is 0 Å². The van der Waals surface area contributed by atoms with Crippen LogP contribution in [0, 0.1) is 0 Å². The molecule has 1 aromatic carbocycles. The van der Waals surface area contributed by atoms with Crippen molar-refractivity contribution in [3.05, 3.63) is 34.4 Å². The van der Waals surface area contributed by atoms with E-state index < -0.39 is 5.60 Å². The molecular formula is C20H32O3. The zero-order valence-electron chi connectivity index (χ0n) is 15.9. The summed E-state index contributed by atoms with van der Waals surface area (Å²) in [6, 6.07) is 4.33. The topological polar surface area (TPSA) is 35.5 Å². The fourth-order valence-electron chi connectivity index (χ4n) is 2.79. The molecular weight excluding hydrogens is 288 g/mol. The number of ether oxygens (including phenoxy) is 2. The summed E-state index contributed by atoms with van der Waals surface area (Å²) < 4.78 is 10.8. The van der Waals surface area contributed by atoms with Crippen molar-refractivity contribution in [2.75, 3.05) is 7.11 Å². The van der Waals surface area contributed by atoms with Gasteiger partial charge in [0.2, 0.25) is 0 Å². The van der Waals surface area contributed by atoms with Crippen LogP contribution in [0.2, 0.25) is 0 Å². The summed E-state index contributed by atoms with van der Waals surface area (Å²) in [6.07, 6.45) is 0.325. The van der Waals surface area contributed by atoms with Crippen molar-refractivity contribution >= 4 is 5.97 Å². The van der Waals surface area contributed by atoms with E-state index in [1.165, 1.54) is 11.1 Å². The monoisotopic (exact) mass is 320 g/mol.